The molecule has 0 saturated heterocycles. The monoisotopic (exact) mass is 284 g/mol. The molecule has 0 saturated carbocycles. The molecular weight excluding hydrogens is 268 g/mol. The minimum Gasteiger partial charge on any atom is -0.481 e. The van der Waals surface area contributed by atoms with E-state index in [0.29, 0.717) is 11.5 Å². The highest BCUT2D eigenvalue weighted by Gasteiger charge is 2.29. The second-order valence-electron chi connectivity index (χ2n) is 5.13. The summed E-state index contributed by atoms with van der Waals surface area (Å²) < 4.78 is 10.6. The van der Waals surface area contributed by atoms with Crippen LogP contribution in [-0.4, -0.2) is 17.9 Å². The van der Waals surface area contributed by atoms with E-state index in [0.717, 1.165) is 11.1 Å². The van der Waals surface area contributed by atoms with Crippen molar-refractivity contribution in [3.63, 3.8) is 0 Å². The lowest BCUT2D eigenvalue weighted by atomic mass is 9.82. The molecular formula is C17H16O4. The molecule has 0 spiro atoms. The molecule has 2 unspecified atom stereocenters. The van der Waals surface area contributed by atoms with Crippen LogP contribution in [0, 0.1) is 0 Å². The van der Waals surface area contributed by atoms with Gasteiger partial charge in [0, 0.05) is 0 Å². The van der Waals surface area contributed by atoms with Crippen LogP contribution in [0.3, 0.4) is 0 Å². The Kier molecular flexibility index (Phi) is 3.52. The number of hydrogen-bond donors (Lipinski definition) is 1. The van der Waals surface area contributed by atoms with Crippen LogP contribution in [0.15, 0.2) is 48.5 Å². The van der Waals surface area contributed by atoms with Crippen LogP contribution in [0.25, 0.3) is 0 Å². The van der Waals surface area contributed by atoms with Crippen molar-refractivity contribution >= 4 is 5.97 Å². The molecule has 1 heterocycles. The predicted molar refractivity (Wildman–Crippen MR) is 77.8 cm³/mol. The number of rotatable bonds is 4. The van der Waals surface area contributed by atoms with Gasteiger partial charge in [-0.2, -0.15) is 0 Å². The highest BCUT2D eigenvalue weighted by atomic mass is 16.7. The lowest BCUT2D eigenvalue weighted by molar-refractivity contribution is -0.139. The smallest absolute Gasteiger partial charge is 0.311 e. The highest BCUT2D eigenvalue weighted by Crippen LogP contribution is 2.39. The number of aliphatic carboxylic acids is 1. The third-order valence-electron chi connectivity index (χ3n) is 3.85. The molecule has 4 nitrogen and oxygen atoms in total. The second-order valence-corrected chi connectivity index (χ2v) is 5.13. The first-order chi connectivity index (χ1) is 10.2. The van der Waals surface area contributed by atoms with Crippen molar-refractivity contribution < 1.29 is 19.4 Å². The van der Waals surface area contributed by atoms with Gasteiger partial charge in [-0.1, -0.05) is 43.3 Å². The summed E-state index contributed by atoms with van der Waals surface area (Å²) in [4.78, 5) is 11.7. The van der Waals surface area contributed by atoms with Crippen molar-refractivity contribution in [2.24, 2.45) is 0 Å². The van der Waals surface area contributed by atoms with Crippen LogP contribution < -0.4 is 9.47 Å². The van der Waals surface area contributed by atoms with Gasteiger partial charge in [-0.25, -0.2) is 0 Å². The average Bonchev–Trinajstić information content (AvgIpc) is 2.95. The summed E-state index contributed by atoms with van der Waals surface area (Å²) in [5, 5.41) is 9.63. The maximum absolute atomic E-state index is 11.7. The fraction of sp³-hybridized carbons (Fsp3) is 0.235. The Labute approximate surface area is 122 Å². The van der Waals surface area contributed by atoms with Gasteiger partial charge in [-0.3, -0.25) is 4.79 Å². The number of benzene rings is 2. The Hall–Kier alpha value is -2.49. The summed E-state index contributed by atoms with van der Waals surface area (Å²) in [5.41, 5.74) is 1.73. The van der Waals surface area contributed by atoms with Gasteiger partial charge in [0.15, 0.2) is 11.5 Å². The van der Waals surface area contributed by atoms with E-state index in [-0.39, 0.29) is 12.7 Å². The SMILES string of the molecule is CC(c1ccccc1)C(C(=O)O)c1ccc2c(c1)OCO2. The molecule has 1 aliphatic heterocycles. The number of fused-ring (bicyclic) bond motifs is 1. The summed E-state index contributed by atoms with van der Waals surface area (Å²) in [5.74, 6) is -0.328. The van der Waals surface area contributed by atoms with Crippen molar-refractivity contribution in [3.8, 4) is 11.5 Å². The molecule has 4 heteroatoms. The highest BCUT2D eigenvalue weighted by molar-refractivity contribution is 5.78. The predicted octanol–water partition coefficient (Wildman–Crippen LogP) is 3.39. The standard InChI is InChI=1S/C17H16O4/c1-11(12-5-3-2-4-6-12)16(17(18)19)13-7-8-14-15(9-13)21-10-20-14/h2-9,11,16H,10H2,1H3,(H,18,19). The molecule has 108 valence electrons. The maximum Gasteiger partial charge on any atom is 0.311 e. The molecule has 3 rings (SSSR count). The first-order valence-corrected chi connectivity index (χ1v) is 6.84. The molecule has 0 amide bonds. The first-order valence-electron chi connectivity index (χ1n) is 6.84. The van der Waals surface area contributed by atoms with Crippen molar-refractivity contribution in [1.82, 2.24) is 0 Å². The Morgan fingerprint density at radius 3 is 2.48 bits per heavy atom. The number of carboxylic acids is 1. The minimum atomic E-state index is -0.842. The Morgan fingerprint density at radius 1 is 1.05 bits per heavy atom. The molecule has 2 aromatic carbocycles. The topological polar surface area (TPSA) is 55.8 Å². The van der Waals surface area contributed by atoms with E-state index in [1.807, 2.05) is 37.3 Å². The van der Waals surface area contributed by atoms with E-state index in [1.54, 1.807) is 18.2 Å². The van der Waals surface area contributed by atoms with Gasteiger partial charge in [0.25, 0.3) is 0 Å². The third-order valence-corrected chi connectivity index (χ3v) is 3.85. The van der Waals surface area contributed by atoms with Crippen molar-refractivity contribution in [2.45, 2.75) is 18.8 Å². The fourth-order valence-electron chi connectivity index (χ4n) is 2.70. The van der Waals surface area contributed by atoms with Gasteiger partial charge >= 0.3 is 5.97 Å². The van der Waals surface area contributed by atoms with Gasteiger partial charge in [0.1, 0.15) is 0 Å². The number of ether oxygens (including phenoxy) is 2. The Bertz CT molecular complexity index is 651. The van der Waals surface area contributed by atoms with E-state index in [4.69, 9.17) is 9.47 Å². The molecule has 2 aromatic rings. The quantitative estimate of drug-likeness (QED) is 0.935. The Morgan fingerprint density at radius 2 is 1.76 bits per heavy atom. The zero-order valence-electron chi connectivity index (χ0n) is 11.7. The second kappa shape index (κ2) is 5.48. The van der Waals surface area contributed by atoms with E-state index in [9.17, 15) is 9.90 Å². The molecule has 1 aliphatic rings. The van der Waals surface area contributed by atoms with Gasteiger partial charge in [0.05, 0.1) is 5.92 Å². The van der Waals surface area contributed by atoms with Gasteiger partial charge in [0.2, 0.25) is 6.79 Å². The van der Waals surface area contributed by atoms with E-state index >= 15 is 0 Å². The van der Waals surface area contributed by atoms with Crippen LogP contribution in [0.4, 0.5) is 0 Å². The molecule has 0 aromatic heterocycles. The fourth-order valence-corrected chi connectivity index (χ4v) is 2.70. The van der Waals surface area contributed by atoms with Crippen molar-refractivity contribution in [1.29, 1.82) is 0 Å². The van der Waals surface area contributed by atoms with Gasteiger partial charge < -0.3 is 14.6 Å². The van der Waals surface area contributed by atoms with Crippen LogP contribution in [0.1, 0.15) is 29.9 Å². The molecule has 0 radical (unpaired) electrons. The molecule has 21 heavy (non-hydrogen) atoms. The molecule has 2 atom stereocenters. The van der Waals surface area contributed by atoms with Crippen LogP contribution in [0.2, 0.25) is 0 Å². The Balaban J connectivity index is 1.97. The van der Waals surface area contributed by atoms with Crippen LogP contribution in [0.5, 0.6) is 11.5 Å². The van der Waals surface area contributed by atoms with E-state index in [2.05, 4.69) is 0 Å². The van der Waals surface area contributed by atoms with Crippen molar-refractivity contribution in [3.05, 3.63) is 59.7 Å². The molecule has 1 N–H and O–H groups in total. The normalized spacial score (nSPS) is 15.5. The number of hydrogen-bond acceptors (Lipinski definition) is 3. The van der Waals surface area contributed by atoms with Crippen LogP contribution >= 0.6 is 0 Å². The summed E-state index contributed by atoms with van der Waals surface area (Å²) in [6, 6.07) is 15.0. The number of carbonyl (C=O) groups is 1. The lowest BCUT2D eigenvalue weighted by Gasteiger charge is -2.21. The summed E-state index contributed by atoms with van der Waals surface area (Å²) >= 11 is 0. The average molecular weight is 284 g/mol. The minimum absolute atomic E-state index is 0.135. The van der Waals surface area contributed by atoms with Gasteiger partial charge in [-0.15, -0.1) is 0 Å². The molecule has 0 bridgehead atoms. The molecule has 0 aliphatic carbocycles. The van der Waals surface area contributed by atoms with E-state index in [1.165, 1.54) is 0 Å². The first kappa shape index (κ1) is 13.5. The summed E-state index contributed by atoms with van der Waals surface area (Å²) in [6.45, 7) is 2.11. The van der Waals surface area contributed by atoms with E-state index < -0.39 is 11.9 Å². The largest absolute Gasteiger partial charge is 0.481 e. The number of carboxylic acid groups (broad SMARTS) is 1. The zero-order chi connectivity index (χ0) is 14.8. The maximum atomic E-state index is 11.7. The van der Waals surface area contributed by atoms with Crippen LogP contribution in [-0.2, 0) is 4.79 Å². The lowest BCUT2D eigenvalue weighted by Crippen LogP contribution is -2.18. The summed E-state index contributed by atoms with van der Waals surface area (Å²) in [6.07, 6.45) is 0. The van der Waals surface area contributed by atoms with Gasteiger partial charge in [-0.05, 0) is 29.2 Å². The van der Waals surface area contributed by atoms with Crippen molar-refractivity contribution in [2.75, 3.05) is 6.79 Å². The third kappa shape index (κ3) is 2.57. The summed E-state index contributed by atoms with van der Waals surface area (Å²) in [7, 11) is 0. The zero-order valence-corrected chi connectivity index (χ0v) is 11.7. The molecule has 0 fully saturated rings.